The number of fused-ring (bicyclic) bond motifs is 1. The molecule has 1 amide bonds. The average Bonchev–Trinajstić information content (AvgIpc) is 3.00. The van der Waals surface area contributed by atoms with Crippen molar-refractivity contribution in [3.05, 3.63) is 0 Å². The van der Waals surface area contributed by atoms with Gasteiger partial charge in [-0.25, -0.2) is 0 Å². The summed E-state index contributed by atoms with van der Waals surface area (Å²) in [6.07, 6.45) is 7.01. The highest BCUT2D eigenvalue weighted by Gasteiger charge is 2.33. The Kier molecular flexibility index (Phi) is 5.14. The predicted molar refractivity (Wildman–Crippen MR) is 81.8 cm³/mol. The zero-order valence-electron chi connectivity index (χ0n) is 12.9. The second-order valence-electron chi connectivity index (χ2n) is 6.96. The molecule has 0 aromatic carbocycles. The summed E-state index contributed by atoms with van der Waals surface area (Å²) in [5.74, 6) is 0.904. The zero-order chi connectivity index (χ0) is 14.7. The number of hydrogen-bond donors (Lipinski definition) is 2. The number of ether oxygens (including phenoxy) is 1. The zero-order valence-corrected chi connectivity index (χ0v) is 12.9. The summed E-state index contributed by atoms with van der Waals surface area (Å²) in [5.41, 5.74) is 5.75. The first-order chi connectivity index (χ1) is 10.3. The Morgan fingerprint density at radius 2 is 2.19 bits per heavy atom. The molecule has 2 heterocycles. The van der Waals surface area contributed by atoms with Gasteiger partial charge in [0.15, 0.2) is 0 Å². The van der Waals surface area contributed by atoms with E-state index in [2.05, 4.69) is 10.2 Å². The Bertz CT molecular complexity index is 363. The Morgan fingerprint density at radius 3 is 3.05 bits per heavy atom. The van der Waals surface area contributed by atoms with Crippen LogP contribution in [0.3, 0.4) is 0 Å². The van der Waals surface area contributed by atoms with Gasteiger partial charge < -0.3 is 15.8 Å². The van der Waals surface area contributed by atoms with Crippen molar-refractivity contribution in [2.45, 2.75) is 50.7 Å². The van der Waals surface area contributed by atoms with Gasteiger partial charge in [0.1, 0.15) is 0 Å². The molecular weight excluding hydrogens is 266 g/mol. The molecule has 0 bridgehead atoms. The molecule has 0 radical (unpaired) electrons. The average molecular weight is 295 g/mol. The minimum absolute atomic E-state index is 0.162. The molecule has 3 N–H and O–H groups in total. The molecule has 2 aliphatic heterocycles. The van der Waals surface area contributed by atoms with Crippen LogP contribution in [0.2, 0.25) is 0 Å². The lowest BCUT2D eigenvalue weighted by molar-refractivity contribution is -0.127. The fourth-order valence-electron chi connectivity index (χ4n) is 4.11. The van der Waals surface area contributed by atoms with E-state index in [1.807, 2.05) is 0 Å². The number of morpholine rings is 1. The molecule has 3 aliphatic rings. The van der Waals surface area contributed by atoms with Crippen LogP contribution in [0, 0.1) is 11.8 Å². The molecule has 21 heavy (non-hydrogen) atoms. The highest BCUT2D eigenvalue weighted by Crippen LogP contribution is 2.28. The minimum Gasteiger partial charge on any atom is -0.373 e. The highest BCUT2D eigenvalue weighted by atomic mass is 16.5. The number of hydrogen-bond acceptors (Lipinski definition) is 4. The van der Waals surface area contributed by atoms with Crippen molar-refractivity contribution in [3.63, 3.8) is 0 Å². The van der Waals surface area contributed by atoms with Gasteiger partial charge in [-0.1, -0.05) is 6.42 Å². The Labute approximate surface area is 127 Å². The maximum Gasteiger partial charge on any atom is 0.223 e. The van der Waals surface area contributed by atoms with Crippen LogP contribution in [0.5, 0.6) is 0 Å². The lowest BCUT2D eigenvalue weighted by atomic mass is 9.81. The van der Waals surface area contributed by atoms with E-state index in [0.29, 0.717) is 25.0 Å². The standard InChI is InChI=1S/C16H29N3O2/c17-8-12-3-1-4-13(7-12)16(20)18-9-15-10-19-6-2-5-14(19)11-21-15/h12-15H,1-11,17H2,(H,18,20). The van der Waals surface area contributed by atoms with E-state index in [0.717, 1.165) is 32.4 Å². The molecule has 3 rings (SSSR count). The van der Waals surface area contributed by atoms with Gasteiger partial charge in [-0.3, -0.25) is 9.69 Å². The van der Waals surface area contributed by atoms with E-state index in [1.165, 1.54) is 25.8 Å². The second-order valence-corrected chi connectivity index (χ2v) is 6.96. The van der Waals surface area contributed by atoms with E-state index < -0.39 is 0 Å². The lowest BCUT2D eigenvalue weighted by Crippen LogP contribution is -2.50. The second kappa shape index (κ2) is 7.07. The molecule has 4 unspecified atom stereocenters. The van der Waals surface area contributed by atoms with Crippen LogP contribution in [0.1, 0.15) is 38.5 Å². The topological polar surface area (TPSA) is 67.6 Å². The third-order valence-corrected chi connectivity index (χ3v) is 5.45. The van der Waals surface area contributed by atoms with Crippen molar-refractivity contribution in [1.82, 2.24) is 10.2 Å². The molecule has 0 spiro atoms. The minimum atomic E-state index is 0.162. The number of carbonyl (C=O) groups is 1. The molecule has 5 heteroatoms. The lowest BCUT2D eigenvalue weighted by Gasteiger charge is -2.35. The Morgan fingerprint density at radius 1 is 1.29 bits per heavy atom. The number of nitrogens with two attached hydrogens (primary N) is 1. The third-order valence-electron chi connectivity index (χ3n) is 5.45. The summed E-state index contributed by atoms with van der Waals surface area (Å²) < 4.78 is 5.90. The number of nitrogens with one attached hydrogen (secondary N) is 1. The molecular formula is C16H29N3O2. The SMILES string of the molecule is NCC1CCCC(C(=O)NCC2CN3CCCC3CO2)C1. The van der Waals surface area contributed by atoms with Gasteiger partial charge in [-0.05, 0) is 51.1 Å². The van der Waals surface area contributed by atoms with Gasteiger partial charge in [0, 0.05) is 25.0 Å². The molecule has 1 aliphatic carbocycles. The van der Waals surface area contributed by atoms with Crippen LogP contribution in [0.4, 0.5) is 0 Å². The van der Waals surface area contributed by atoms with Crippen molar-refractivity contribution in [2.24, 2.45) is 17.6 Å². The van der Waals surface area contributed by atoms with E-state index >= 15 is 0 Å². The van der Waals surface area contributed by atoms with Crippen molar-refractivity contribution in [3.8, 4) is 0 Å². The van der Waals surface area contributed by atoms with Gasteiger partial charge in [0.2, 0.25) is 5.91 Å². The normalized spacial score (nSPS) is 37.2. The highest BCUT2D eigenvalue weighted by molar-refractivity contribution is 5.78. The quantitative estimate of drug-likeness (QED) is 0.802. The van der Waals surface area contributed by atoms with Crippen LogP contribution < -0.4 is 11.1 Å². The van der Waals surface area contributed by atoms with E-state index in [9.17, 15) is 4.79 Å². The van der Waals surface area contributed by atoms with Crippen molar-refractivity contribution < 1.29 is 9.53 Å². The first-order valence-electron chi connectivity index (χ1n) is 8.59. The van der Waals surface area contributed by atoms with Gasteiger partial charge >= 0.3 is 0 Å². The van der Waals surface area contributed by atoms with Crippen LogP contribution in [-0.4, -0.2) is 55.7 Å². The monoisotopic (exact) mass is 295 g/mol. The van der Waals surface area contributed by atoms with Crippen LogP contribution in [0.25, 0.3) is 0 Å². The van der Waals surface area contributed by atoms with Gasteiger partial charge in [-0.2, -0.15) is 0 Å². The molecule has 0 aromatic heterocycles. The molecule has 0 aromatic rings. The third kappa shape index (κ3) is 3.76. The molecule has 2 saturated heterocycles. The number of nitrogens with zero attached hydrogens (tertiary/aromatic N) is 1. The van der Waals surface area contributed by atoms with Crippen molar-refractivity contribution >= 4 is 5.91 Å². The smallest absolute Gasteiger partial charge is 0.223 e. The maximum atomic E-state index is 12.3. The largest absolute Gasteiger partial charge is 0.373 e. The Hall–Kier alpha value is -0.650. The van der Waals surface area contributed by atoms with Crippen LogP contribution in [-0.2, 0) is 9.53 Å². The summed E-state index contributed by atoms with van der Waals surface area (Å²) in [7, 11) is 0. The summed E-state index contributed by atoms with van der Waals surface area (Å²) in [6.45, 7) is 4.37. The van der Waals surface area contributed by atoms with E-state index in [1.54, 1.807) is 0 Å². The molecule has 1 saturated carbocycles. The number of carbonyl (C=O) groups excluding carboxylic acids is 1. The molecule has 5 nitrogen and oxygen atoms in total. The fraction of sp³-hybridized carbons (Fsp3) is 0.938. The molecule has 3 fully saturated rings. The van der Waals surface area contributed by atoms with Gasteiger partial charge in [-0.15, -0.1) is 0 Å². The molecule has 120 valence electrons. The summed E-state index contributed by atoms with van der Waals surface area (Å²) >= 11 is 0. The van der Waals surface area contributed by atoms with E-state index in [-0.39, 0.29) is 17.9 Å². The van der Waals surface area contributed by atoms with Crippen LogP contribution >= 0.6 is 0 Å². The van der Waals surface area contributed by atoms with Gasteiger partial charge in [0.05, 0.1) is 12.7 Å². The van der Waals surface area contributed by atoms with Crippen molar-refractivity contribution in [2.75, 3.05) is 32.8 Å². The Balaban J connectivity index is 1.41. The fourth-order valence-corrected chi connectivity index (χ4v) is 4.11. The predicted octanol–water partition coefficient (Wildman–Crippen LogP) is 0.731. The first kappa shape index (κ1) is 15.3. The summed E-state index contributed by atoms with van der Waals surface area (Å²) in [5, 5.41) is 3.12. The van der Waals surface area contributed by atoms with Gasteiger partial charge in [0.25, 0.3) is 0 Å². The maximum absolute atomic E-state index is 12.3. The summed E-state index contributed by atoms with van der Waals surface area (Å²) in [6, 6.07) is 0.626. The number of rotatable bonds is 4. The van der Waals surface area contributed by atoms with Crippen molar-refractivity contribution in [1.29, 1.82) is 0 Å². The van der Waals surface area contributed by atoms with E-state index in [4.69, 9.17) is 10.5 Å². The molecule has 4 atom stereocenters. The summed E-state index contributed by atoms with van der Waals surface area (Å²) in [4.78, 5) is 14.8. The first-order valence-corrected chi connectivity index (χ1v) is 8.59. The van der Waals surface area contributed by atoms with Crippen LogP contribution in [0.15, 0.2) is 0 Å². The number of amides is 1.